The Labute approximate surface area is 144 Å². The smallest absolute Gasteiger partial charge is 0.260 e. The standard InChI is InChI=1S/C19H27N3O2/c1-6-14(2)17-9-7-8-10-18(17)24-13-19(23)21(4)12-16-11-20-22(5)15(16)3/h7-11,14H,6,12-13H2,1-5H3. The van der Waals surface area contributed by atoms with E-state index < -0.39 is 0 Å². The van der Waals surface area contributed by atoms with Crippen molar-refractivity contribution in [2.45, 2.75) is 39.7 Å². The summed E-state index contributed by atoms with van der Waals surface area (Å²) in [6.07, 6.45) is 2.84. The maximum absolute atomic E-state index is 12.4. The van der Waals surface area contributed by atoms with Crippen LogP contribution in [-0.2, 0) is 18.4 Å². The van der Waals surface area contributed by atoms with E-state index in [1.54, 1.807) is 18.1 Å². The number of aromatic nitrogens is 2. The van der Waals surface area contributed by atoms with Crippen molar-refractivity contribution in [1.82, 2.24) is 14.7 Å². The van der Waals surface area contributed by atoms with Crippen molar-refractivity contribution in [1.29, 1.82) is 0 Å². The monoisotopic (exact) mass is 329 g/mol. The molecule has 24 heavy (non-hydrogen) atoms. The van der Waals surface area contributed by atoms with Gasteiger partial charge in [0.25, 0.3) is 5.91 Å². The van der Waals surface area contributed by atoms with Crippen LogP contribution in [0.5, 0.6) is 5.75 Å². The maximum atomic E-state index is 12.4. The Morgan fingerprint density at radius 1 is 1.38 bits per heavy atom. The highest BCUT2D eigenvalue weighted by atomic mass is 16.5. The zero-order valence-corrected chi connectivity index (χ0v) is 15.2. The molecule has 0 aliphatic carbocycles. The number of ether oxygens (including phenoxy) is 1. The first kappa shape index (κ1) is 18.0. The van der Waals surface area contributed by atoms with E-state index >= 15 is 0 Å². The molecule has 5 nitrogen and oxygen atoms in total. The zero-order valence-electron chi connectivity index (χ0n) is 15.2. The molecule has 0 radical (unpaired) electrons. The van der Waals surface area contributed by atoms with Crippen LogP contribution in [0.2, 0.25) is 0 Å². The number of amides is 1. The molecule has 2 aromatic rings. The topological polar surface area (TPSA) is 47.4 Å². The molecule has 0 aliphatic heterocycles. The molecule has 0 N–H and O–H groups in total. The van der Waals surface area contributed by atoms with Gasteiger partial charge in [0.2, 0.25) is 0 Å². The molecule has 1 aromatic heterocycles. The minimum Gasteiger partial charge on any atom is -0.483 e. The van der Waals surface area contributed by atoms with Crippen molar-refractivity contribution in [2.24, 2.45) is 7.05 Å². The van der Waals surface area contributed by atoms with E-state index in [1.807, 2.05) is 36.9 Å². The number of hydrogen-bond donors (Lipinski definition) is 0. The van der Waals surface area contributed by atoms with Crippen LogP contribution in [0.1, 0.15) is 43.0 Å². The largest absolute Gasteiger partial charge is 0.483 e. The lowest BCUT2D eigenvalue weighted by molar-refractivity contribution is -0.132. The highest BCUT2D eigenvalue weighted by Crippen LogP contribution is 2.28. The third-order valence-electron chi connectivity index (χ3n) is 4.58. The summed E-state index contributed by atoms with van der Waals surface area (Å²) in [7, 11) is 3.69. The Morgan fingerprint density at radius 3 is 2.71 bits per heavy atom. The fraction of sp³-hybridized carbons (Fsp3) is 0.474. The van der Waals surface area contributed by atoms with Gasteiger partial charge in [0.15, 0.2) is 6.61 Å². The van der Waals surface area contributed by atoms with E-state index in [0.29, 0.717) is 12.5 Å². The summed E-state index contributed by atoms with van der Waals surface area (Å²) in [6, 6.07) is 7.94. The molecule has 1 amide bonds. The second kappa shape index (κ2) is 7.99. The molecular weight excluding hydrogens is 302 g/mol. The fourth-order valence-corrected chi connectivity index (χ4v) is 2.53. The second-order valence-corrected chi connectivity index (χ2v) is 6.26. The average molecular weight is 329 g/mol. The van der Waals surface area contributed by atoms with E-state index in [2.05, 4.69) is 25.0 Å². The first-order valence-corrected chi connectivity index (χ1v) is 8.37. The summed E-state index contributed by atoms with van der Waals surface area (Å²) in [4.78, 5) is 14.0. The molecule has 0 saturated carbocycles. The van der Waals surface area contributed by atoms with Crippen molar-refractivity contribution in [3.05, 3.63) is 47.3 Å². The average Bonchev–Trinajstić information content (AvgIpc) is 2.91. The predicted octanol–water partition coefficient (Wildman–Crippen LogP) is 3.28. The normalized spacial score (nSPS) is 12.0. The van der Waals surface area contributed by atoms with Crippen LogP contribution < -0.4 is 4.74 Å². The molecule has 5 heteroatoms. The molecule has 1 unspecified atom stereocenters. The first-order chi connectivity index (χ1) is 11.4. The highest BCUT2D eigenvalue weighted by Gasteiger charge is 2.15. The summed E-state index contributed by atoms with van der Waals surface area (Å²) in [5.41, 5.74) is 3.27. The minimum absolute atomic E-state index is 0.0443. The molecule has 130 valence electrons. The van der Waals surface area contributed by atoms with Crippen LogP contribution in [0.25, 0.3) is 0 Å². The second-order valence-electron chi connectivity index (χ2n) is 6.26. The summed E-state index contributed by atoms with van der Waals surface area (Å²) >= 11 is 0. The molecule has 2 rings (SSSR count). The Bertz CT molecular complexity index is 694. The molecule has 0 spiro atoms. The van der Waals surface area contributed by atoms with E-state index in [9.17, 15) is 4.79 Å². The van der Waals surface area contributed by atoms with E-state index in [4.69, 9.17) is 4.74 Å². The van der Waals surface area contributed by atoms with Gasteiger partial charge in [-0.15, -0.1) is 0 Å². The van der Waals surface area contributed by atoms with Crippen LogP contribution in [0.15, 0.2) is 30.5 Å². The number of para-hydroxylation sites is 1. The number of rotatable bonds is 7. The molecule has 0 bridgehead atoms. The van der Waals surface area contributed by atoms with Gasteiger partial charge in [-0.2, -0.15) is 5.10 Å². The number of carbonyl (C=O) groups is 1. The number of benzene rings is 1. The molecule has 0 fully saturated rings. The van der Waals surface area contributed by atoms with Gasteiger partial charge in [-0.1, -0.05) is 32.0 Å². The predicted molar refractivity (Wildman–Crippen MR) is 95.1 cm³/mol. The summed E-state index contributed by atoms with van der Waals surface area (Å²) in [5.74, 6) is 1.16. The van der Waals surface area contributed by atoms with Gasteiger partial charge < -0.3 is 9.64 Å². The zero-order chi connectivity index (χ0) is 17.7. The molecule has 0 saturated heterocycles. The summed E-state index contributed by atoms with van der Waals surface area (Å²) in [6.45, 7) is 6.90. The lowest BCUT2D eigenvalue weighted by atomic mass is 9.98. The highest BCUT2D eigenvalue weighted by molar-refractivity contribution is 5.77. The fourth-order valence-electron chi connectivity index (χ4n) is 2.53. The number of carbonyl (C=O) groups excluding carboxylic acids is 1. The number of hydrogen-bond acceptors (Lipinski definition) is 3. The first-order valence-electron chi connectivity index (χ1n) is 8.37. The third kappa shape index (κ3) is 4.16. The number of likely N-dealkylation sites (N-methyl/N-ethyl adjacent to an activating group) is 1. The van der Waals surface area contributed by atoms with Gasteiger partial charge in [0, 0.05) is 31.9 Å². The lowest BCUT2D eigenvalue weighted by Gasteiger charge is -2.19. The summed E-state index contributed by atoms with van der Waals surface area (Å²) in [5, 5.41) is 4.21. The molecule has 1 aromatic carbocycles. The van der Waals surface area contributed by atoms with Gasteiger partial charge in [-0.25, -0.2) is 0 Å². The van der Waals surface area contributed by atoms with E-state index in [-0.39, 0.29) is 12.5 Å². The van der Waals surface area contributed by atoms with E-state index in [0.717, 1.165) is 29.0 Å². The van der Waals surface area contributed by atoms with Crippen LogP contribution in [0.3, 0.4) is 0 Å². The maximum Gasteiger partial charge on any atom is 0.260 e. The Hall–Kier alpha value is -2.30. The van der Waals surface area contributed by atoms with Crippen molar-refractivity contribution in [3.63, 3.8) is 0 Å². The van der Waals surface area contributed by atoms with Crippen molar-refractivity contribution >= 4 is 5.91 Å². The van der Waals surface area contributed by atoms with Crippen molar-refractivity contribution in [2.75, 3.05) is 13.7 Å². The van der Waals surface area contributed by atoms with Gasteiger partial charge in [-0.3, -0.25) is 9.48 Å². The summed E-state index contributed by atoms with van der Waals surface area (Å²) < 4.78 is 7.62. The van der Waals surface area contributed by atoms with Crippen LogP contribution >= 0.6 is 0 Å². The SMILES string of the molecule is CCC(C)c1ccccc1OCC(=O)N(C)Cc1cnn(C)c1C. The van der Waals surface area contributed by atoms with Crippen LogP contribution in [-0.4, -0.2) is 34.2 Å². The molecule has 1 heterocycles. The Kier molecular flexibility index (Phi) is 6.01. The Balaban J connectivity index is 1.97. The Morgan fingerprint density at radius 2 is 2.08 bits per heavy atom. The van der Waals surface area contributed by atoms with Crippen molar-refractivity contribution < 1.29 is 9.53 Å². The number of aryl methyl sites for hydroxylation is 1. The van der Waals surface area contributed by atoms with Gasteiger partial charge >= 0.3 is 0 Å². The van der Waals surface area contributed by atoms with E-state index in [1.165, 1.54) is 0 Å². The van der Waals surface area contributed by atoms with Gasteiger partial charge in [-0.05, 0) is 30.9 Å². The number of nitrogens with zero attached hydrogens (tertiary/aromatic N) is 3. The van der Waals surface area contributed by atoms with Gasteiger partial charge in [0.05, 0.1) is 6.20 Å². The quantitative estimate of drug-likeness (QED) is 0.783. The van der Waals surface area contributed by atoms with Gasteiger partial charge in [0.1, 0.15) is 5.75 Å². The molecule has 1 atom stereocenters. The minimum atomic E-state index is -0.0443. The lowest BCUT2D eigenvalue weighted by Crippen LogP contribution is -2.31. The van der Waals surface area contributed by atoms with Crippen molar-refractivity contribution in [3.8, 4) is 5.75 Å². The molecular formula is C19H27N3O2. The third-order valence-corrected chi connectivity index (χ3v) is 4.58. The molecule has 0 aliphatic rings. The van der Waals surface area contributed by atoms with Crippen LogP contribution in [0, 0.1) is 6.92 Å². The van der Waals surface area contributed by atoms with Crippen LogP contribution in [0.4, 0.5) is 0 Å².